The summed E-state index contributed by atoms with van der Waals surface area (Å²) < 4.78 is 6.97. The molecule has 1 N–H and O–H groups in total. The molecule has 2 unspecified atom stereocenters. The molecule has 0 aromatic heterocycles. The first kappa shape index (κ1) is 32.2. The van der Waals surface area contributed by atoms with Crippen LogP contribution < -0.4 is 4.90 Å². The van der Waals surface area contributed by atoms with Gasteiger partial charge in [-0.05, 0) is 56.7 Å². The minimum atomic E-state index is -1.18. The molecule has 1 aliphatic carbocycles. The summed E-state index contributed by atoms with van der Waals surface area (Å²) in [5, 5.41) is 10.9. The van der Waals surface area contributed by atoms with Gasteiger partial charge in [0.05, 0.1) is 30.1 Å². The Kier molecular flexibility index (Phi) is 9.22. The molecule has 8 nitrogen and oxygen atoms in total. The molecule has 2 bridgehead atoms. The lowest BCUT2D eigenvalue weighted by Crippen LogP contribution is -2.60. The summed E-state index contributed by atoms with van der Waals surface area (Å²) in [5.74, 6) is -2.32. The average molecular weight is 626 g/mol. The number of anilines is 1. The Labute approximate surface area is 272 Å². The highest BCUT2D eigenvalue weighted by atomic mass is 16.5. The number of carbonyl (C=O) groups is 3. The Morgan fingerprint density at radius 3 is 2.26 bits per heavy atom. The van der Waals surface area contributed by atoms with Crippen molar-refractivity contribution >= 4 is 23.4 Å². The maximum absolute atomic E-state index is 15.0. The predicted octanol–water partition coefficient (Wildman–Crippen LogP) is 4.92. The van der Waals surface area contributed by atoms with Gasteiger partial charge in [-0.25, -0.2) is 0 Å². The van der Waals surface area contributed by atoms with Crippen molar-refractivity contribution < 1.29 is 24.2 Å². The van der Waals surface area contributed by atoms with Gasteiger partial charge in [0, 0.05) is 24.8 Å². The fourth-order valence-electron chi connectivity index (χ4n) is 8.88. The normalized spacial score (nSPS) is 29.3. The number of hydrogen-bond donors (Lipinski definition) is 1. The Morgan fingerprint density at radius 1 is 0.978 bits per heavy atom. The van der Waals surface area contributed by atoms with Crippen LogP contribution in [-0.2, 0) is 25.5 Å². The molecule has 4 aliphatic rings. The number of nitrogens with zero attached hydrogens (tertiary/aromatic N) is 3. The van der Waals surface area contributed by atoms with Crippen molar-refractivity contribution in [1.29, 1.82) is 0 Å². The number of fused-ring (bicyclic) bond motifs is 1. The fraction of sp³-hybridized carbons (Fsp3) is 0.500. The van der Waals surface area contributed by atoms with E-state index < -0.39 is 35.1 Å². The number of para-hydroxylation sites is 1. The number of aliphatic hydroxyl groups is 1. The highest BCUT2D eigenvalue weighted by Crippen LogP contribution is 2.64. The van der Waals surface area contributed by atoms with Crippen LogP contribution in [-0.4, -0.2) is 81.7 Å². The molecule has 3 aliphatic heterocycles. The zero-order valence-electron chi connectivity index (χ0n) is 26.9. The van der Waals surface area contributed by atoms with Crippen LogP contribution in [0.3, 0.4) is 0 Å². The van der Waals surface area contributed by atoms with Crippen LogP contribution in [0.2, 0.25) is 0 Å². The third-order valence-corrected chi connectivity index (χ3v) is 10.9. The minimum absolute atomic E-state index is 0.0427. The van der Waals surface area contributed by atoms with E-state index in [1.807, 2.05) is 72.5 Å². The number of hydrogen-bond acceptors (Lipinski definition) is 5. The topological polar surface area (TPSA) is 90.4 Å². The highest BCUT2D eigenvalue weighted by molar-refractivity contribution is 6.03. The number of carbonyl (C=O) groups excluding carboxylic acids is 3. The first-order valence-electron chi connectivity index (χ1n) is 16.9. The van der Waals surface area contributed by atoms with Crippen molar-refractivity contribution in [3.8, 4) is 0 Å². The Morgan fingerprint density at radius 2 is 1.63 bits per heavy atom. The molecule has 1 saturated carbocycles. The zero-order chi connectivity index (χ0) is 32.5. The maximum Gasteiger partial charge on any atom is 0.248 e. The van der Waals surface area contributed by atoms with Crippen molar-refractivity contribution in [1.82, 2.24) is 9.80 Å². The second-order valence-electron chi connectivity index (χ2n) is 13.6. The first-order valence-corrected chi connectivity index (χ1v) is 16.9. The standard InChI is InChI=1S/C38H47N3O5/c1-4-23-39(28-17-11-7-12-18-28)34(43)31-32-35(44)41(30(26-42)25-27-15-9-6-10-16-27)33(38(32)22-21-37(31,3)46-38)36(45)40(24-5-2)29-19-13-8-14-20-29/h4-7,9-12,15-18,29-33,42H,1-2,8,13-14,19-26H2,3H3/t30-,31-,32+,33?,37+,38?/m1/s1. The fourth-order valence-corrected chi connectivity index (χ4v) is 8.88. The number of aliphatic hydroxyl groups excluding tert-OH is 1. The van der Waals surface area contributed by atoms with Gasteiger partial charge in [0.2, 0.25) is 17.7 Å². The molecule has 3 saturated heterocycles. The number of amides is 3. The Balaban J connectivity index is 1.45. The minimum Gasteiger partial charge on any atom is -0.394 e. The molecule has 0 radical (unpaired) electrons. The van der Waals surface area contributed by atoms with E-state index in [0.717, 1.165) is 43.4 Å². The first-order chi connectivity index (χ1) is 22.3. The number of likely N-dealkylation sites (tertiary alicyclic amines) is 1. The van der Waals surface area contributed by atoms with Crippen LogP contribution >= 0.6 is 0 Å². The number of rotatable bonds is 12. The maximum atomic E-state index is 15.0. The van der Waals surface area contributed by atoms with Crippen LogP contribution in [0.5, 0.6) is 0 Å². The van der Waals surface area contributed by atoms with E-state index in [4.69, 9.17) is 4.74 Å². The van der Waals surface area contributed by atoms with E-state index >= 15 is 4.79 Å². The van der Waals surface area contributed by atoms with Crippen LogP contribution in [0, 0.1) is 11.8 Å². The zero-order valence-corrected chi connectivity index (χ0v) is 26.9. The van der Waals surface area contributed by atoms with Crippen molar-refractivity contribution in [2.45, 2.75) is 87.6 Å². The summed E-state index contributed by atoms with van der Waals surface area (Å²) >= 11 is 0. The summed E-state index contributed by atoms with van der Waals surface area (Å²) in [5.41, 5.74) is -0.429. The molecule has 3 heterocycles. The molecule has 46 heavy (non-hydrogen) atoms. The smallest absolute Gasteiger partial charge is 0.248 e. The van der Waals surface area contributed by atoms with Crippen molar-refractivity contribution in [2.24, 2.45) is 11.8 Å². The van der Waals surface area contributed by atoms with Gasteiger partial charge in [-0.2, -0.15) is 0 Å². The van der Waals surface area contributed by atoms with Crippen molar-refractivity contribution in [2.75, 3.05) is 24.6 Å². The predicted molar refractivity (Wildman–Crippen MR) is 178 cm³/mol. The average Bonchev–Trinajstić information content (AvgIpc) is 3.66. The molecule has 2 aromatic rings. The molecule has 3 amide bonds. The quantitative estimate of drug-likeness (QED) is 0.338. The third-order valence-electron chi connectivity index (χ3n) is 10.9. The molecule has 244 valence electrons. The number of benzene rings is 2. The monoisotopic (exact) mass is 625 g/mol. The van der Waals surface area contributed by atoms with E-state index in [1.54, 1.807) is 22.0 Å². The van der Waals surface area contributed by atoms with Crippen LogP contribution in [0.15, 0.2) is 86.0 Å². The summed E-state index contributed by atoms with van der Waals surface area (Å²) in [6, 6.07) is 17.5. The van der Waals surface area contributed by atoms with Gasteiger partial charge in [-0.3, -0.25) is 14.4 Å². The second kappa shape index (κ2) is 13.2. The van der Waals surface area contributed by atoms with Crippen LogP contribution in [0.4, 0.5) is 5.69 Å². The van der Waals surface area contributed by atoms with Gasteiger partial charge >= 0.3 is 0 Å². The number of ether oxygens (including phenoxy) is 1. The summed E-state index contributed by atoms with van der Waals surface area (Å²) in [7, 11) is 0. The lowest BCUT2D eigenvalue weighted by molar-refractivity contribution is -0.156. The van der Waals surface area contributed by atoms with E-state index in [2.05, 4.69) is 13.2 Å². The van der Waals surface area contributed by atoms with E-state index in [9.17, 15) is 14.7 Å². The summed E-state index contributed by atoms with van der Waals surface area (Å²) in [4.78, 5) is 49.9. The van der Waals surface area contributed by atoms with E-state index in [0.29, 0.717) is 25.8 Å². The molecule has 1 spiro atoms. The van der Waals surface area contributed by atoms with Gasteiger partial charge in [-0.15, -0.1) is 13.2 Å². The molecule has 4 fully saturated rings. The lowest BCUT2D eigenvalue weighted by atomic mass is 9.66. The summed E-state index contributed by atoms with van der Waals surface area (Å²) in [6.45, 7) is 10.1. The molecular weight excluding hydrogens is 578 g/mol. The summed E-state index contributed by atoms with van der Waals surface area (Å²) in [6.07, 6.45) is 9.89. The third kappa shape index (κ3) is 5.39. The molecule has 8 heteroatoms. The molecular formula is C38H47N3O5. The van der Waals surface area contributed by atoms with Crippen LogP contribution in [0.25, 0.3) is 0 Å². The van der Waals surface area contributed by atoms with Gasteiger partial charge in [0.15, 0.2) is 0 Å². The Hall–Kier alpha value is -3.75. The van der Waals surface area contributed by atoms with E-state index in [1.165, 1.54) is 0 Å². The van der Waals surface area contributed by atoms with Crippen LogP contribution in [0.1, 0.15) is 57.4 Å². The van der Waals surface area contributed by atoms with Gasteiger partial charge in [0.25, 0.3) is 0 Å². The lowest BCUT2D eigenvalue weighted by Gasteiger charge is -2.42. The van der Waals surface area contributed by atoms with E-state index in [-0.39, 0.29) is 36.9 Å². The van der Waals surface area contributed by atoms with Crippen molar-refractivity contribution in [3.05, 3.63) is 91.5 Å². The van der Waals surface area contributed by atoms with Gasteiger partial charge in [-0.1, -0.05) is 79.9 Å². The van der Waals surface area contributed by atoms with Crippen molar-refractivity contribution in [3.63, 3.8) is 0 Å². The second-order valence-corrected chi connectivity index (χ2v) is 13.6. The largest absolute Gasteiger partial charge is 0.394 e. The highest BCUT2D eigenvalue weighted by Gasteiger charge is 2.79. The molecule has 6 rings (SSSR count). The van der Waals surface area contributed by atoms with Gasteiger partial charge < -0.3 is 24.5 Å². The Bertz CT molecular complexity index is 1440. The van der Waals surface area contributed by atoms with Gasteiger partial charge in [0.1, 0.15) is 11.6 Å². The SMILES string of the molecule is C=CCN(C(=O)[C@H]1[C@H]2C(=O)N([C@@H](CO)Cc3ccccc3)C(C(=O)N(CC=C)C3CCCCC3)C23CC[C@]1(C)O3)c1ccccc1. The molecule has 2 aromatic carbocycles. The molecule has 6 atom stereocenters.